The van der Waals surface area contributed by atoms with Crippen LogP contribution in [0.5, 0.6) is 11.5 Å². The average molecular weight is 433 g/mol. The molecule has 0 aromatic heterocycles. The number of nitrogens with one attached hydrogen (secondary N) is 1. The first-order valence-electron chi connectivity index (χ1n) is 9.89. The van der Waals surface area contributed by atoms with Crippen LogP contribution in [0.15, 0.2) is 36.4 Å². The van der Waals surface area contributed by atoms with Crippen molar-refractivity contribution in [2.75, 3.05) is 29.1 Å². The van der Waals surface area contributed by atoms with Crippen LogP contribution in [0.2, 0.25) is 0 Å². The van der Waals surface area contributed by atoms with Gasteiger partial charge in [0.25, 0.3) is 0 Å². The Bertz CT molecular complexity index is 1050. The lowest BCUT2D eigenvalue weighted by molar-refractivity contribution is -0.116. The number of benzene rings is 2. The Hall–Kier alpha value is -2.74. The predicted molar refractivity (Wildman–Crippen MR) is 118 cm³/mol. The number of ether oxygens (including phenoxy) is 2. The Morgan fingerprint density at radius 1 is 1.07 bits per heavy atom. The fourth-order valence-electron chi connectivity index (χ4n) is 3.55. The zero-order valence-electron chi connectivity index (χ0n) is 17.9. The number of carbonyl (C=O) groups is 1. The molecule has 2 aromatic carbocycles. The molecule has 8 heteroatoms. The summed E-state index contributed by atoms with van der Waals surface area (Å²) in [7, 11) is -3.74. The van der Waals surface area contributed by atoms with Crippen LogP contribution in [-0.4, -0.2) is 39.8 Å². The van der Waals surface area contributed by atoms with Gasteiger partial charge in [-0.05, 0) is 43.0 Å². The second kappa shape index (κ2) is 8.55. The van der Waals surface area contributed by atoms with Crippen molar-refractivity contribution in [1.29, 1.82) is 0 Å². The quantitative estimate of drug-likeness (QED) is 0.753. The third-order valence-electron chi connectivity index (χ3n) is 5.04. The molecule has 0 saturated carbocycles. The number of aryl methyl sites for hydroxylation is 1. The summed E-state index contributed by atoms with van der Waals surface area (Å²) in [5, 5.41) is 2.94. The third kappa shape index (κ3) is 4.53. The first-order chi connectivity index (χ1) is 14.1. The number of carbonyl (C=O) groups excluding carboxylic acids is 1. The van der Waals surface area contributed by atoms with Gasteiger partial charge in [0.15, 0.2) is 11.5 Å². The number of hydrogen-bond donors (Lipinski definition) is 1. The zero-order valence-corrected chi connectivity index (χ0v) is 18.7. The minimum absolute atomic E-state index is 0.208. The van der Waals surface area contributed by atoms with Gasteiger partial charge >= 0.3 is 0 Å². The van der Waals surface area contributed by atoms with Gasteiger partial charge in [0.05, 0.1) is 11.9 Å². The van der Waals surface area contributed by atoms with Crippen LogP contribution in [0.4, 0.5) is 11.4 Å². The highest BCUT2D eigenvalue weighted by atomic mass is 32.2. The second-order valence-corrected chi connectivity index (χ2v) is 9.61. The van der Waals surface area contributed by atoms with Crippen LogP contribution in [0, 0.1) is 6.92 Å². The summed E-state index contributed by atoms with van der Waals surface area (Å²) in [6.45, 7) is 8.41. The van der Waals surface area contributed by atoms with Gasteiger partial charge < -0.3 is 14.8 Å². The third-order valence-corrected chi connectivity index (χ3v) is 6.29. The minimum atomic E-state index is -3.74. The van der Waals surface area contributed by atoms with Crippen molar-refractivity contribution in [2.24, 2.45) is 0 Å². The summed E-state index contributed by atoms with van der Waals surface area (Å²) in [6, 6.07) is 9.72. The standard InChI is InChI=1S/C22H28N2O5S/c1-14(2)18-8-6-7-15(3)21(18)23-22(25)16(4)24(30(5,26)27)17-9-10-19-20(13-17)29-12-11-28-19/h6-10,13-14,16H,11-12H2,1-5H3,(H,23,25)/t16-/m1/s1. The summed E-state index contributed by atoms with van der Waals surface area (Å²) >= 11 is 0. The molecule has 0 saturated heterocycles. The molecule has 2 aromatic rings. The highest BCUT2D eigenvalue weighted by molar-refractivity contribution is 7.92. The van der Waals surface area contributed by atoms with Crippen molar-refractivity contribution in [3.63, 3.8) is 0 Å². The van der Waals surface area contributed by atoms with Crippen molar-refractivity contribution >= 4 is 27.3 Å². The molecular formula is C22H28N2O5S. The molecule has 1 N–H and O–H groups in total. The Morgan fingerprint density at radius 2 is 1.73 bits per heavy atom. The summed E-state index contributed by atoms with van der Waals surface area (Å²) in [4.78, 5) is 13.1. The van der Waals surface area contributed by atoms with Crippen LogP contribution in [0.3, 0.4) is 0 Å². The molecule has 0 fully saturated rings. The molecule has 1 atom stereocenters. The number of fused-ring (bicyclic) bond motifs is 1. The first kappa shape index (κ1) is 22.0. The summed E-state index contributed by atoms with van der Waals surface area (Å²) < 4.78 is 37.4. The van der Waals surface area contributed by atoms with Crippen LogP contribution < -0.4 is 19.1 Å². The smallest absolute Gasteiger partial charge is 0.248 e. The predicted octanol–water partition coefficient (Wildman–Crippen LogP) is 3.68. The SMILES string of the molecule is Cc1cccc(C(C)C)c1NC(=O)[C@@H](C)N(c1ccc2c(c1)OCCO2)S(C)(=O)=O. The topological polar surface area (TPSA) is 84.9 Å². The van der Waals surface area contributed by atoms with Crippen LogP contribution in [0.25, 0.3) is 0 Å². The monoisotopic (exact) mass is 432 g/mol. The summed E-state index contributed by atoms with van der Waals surface area (Å²) in [5.41, 5.74) is 2.99. The molecule has 1 aliphatic heterocycles. The molecule has 0 unspecified atom stereocenters. The zero-order chi connectivity index (χ0) is 22.1. The van der Waals surface area contributed by atoms with Gasteiger partial charge in [0.1, 0.15) is 19.3 Å². The lowest BCUT2D eigenvalue weighted by Gasteiger charge is -2.30. The largest absolute Gasteiger partial charge is 0.486 e. The van der Waals surface area contributed by atoms with E-state index in [1.54, 1.807) is 25.1 Å². The number of para-hydroxylation sites is 1. The van der Waals surface area contributed by atoms with Crippen LogP contribution in [-0.2, 0) is 14.8 Å². The van der Waals surface area contributed by atoms with Gasteiger partial charge in [-0.3, -0.25) is 9.10 Å². The molecule has 1 amide bonds. The molecule has 0 aliphatic carbocycles. The van der Waals surface area contributed by atoms with E-state index in [9.17, 15) is 13.2 Å². The number of amides is 1. The van der Waals surface area contributed by atoms with Crippen molar-refractivity contribution in [1.82, 2.24) is 0 Å². The van der Waals surface area contributed by atoms with Crippen molar-refractivity contribution in [3.05, 3.63) is 47.5 Å². The highest BCUT2D eigenvalue weighted by Gasteiger charge is 2.31. The average Bonchev–Trinajstić information content (AvgIpc) is 2.68. The Balaban J connectivity index is 1.94. The Labute approximate surface area is 178 Å². The minimum Gasteiger partial charge on any atom is -0.486 e. The van der Waals surface area contributed by atoms with E-state index in [1.807, 2.05) is 39.0 Å². The Kier molecular flexibility index (Phi) is 6.26. The van der Waals surface area contributed by atoms with Gasteiger partial charge in [-0.15, -0.1) is 0 Å². The van der Waals surface area contributed by atoms with E-state index in [-0.39, 0.29) is 5.92 Å². The maximum Gasteiger partial charge on any atom is 0.248 e. The molecule has 0 spiro atoms. The van der Waals surface area contributed by atoms with E-state index in [2.05, 4.69) is 5.32 Å². The highest BCUT2D eigenvalue weighted by Crippen LogP contribution is 2.35. The number of rotatable bonds is 6. The Morgan fingerprint density at radius 3 is 2.37 bits per heavy atom. The molecule has 3 rings (SSSR count). The maximum atomic E-state index is 13.1. The van der Waals surface area contributed by atoms with E-state index in [0.717, 1.165) is 27.4 Å². The van der Waals surface area contributed by atoms with E-state index < -0.39 is 22.0 Å². The molecular weight excluding hydrogens is 404 g/mol. The molecule has 0 radical (unpaired) electrons. The lowest BCUT2D eigenvalue weighted by atomic mass is 9.98. The van der Waals surface area contributed by atoms with Crippen LogP contribution >= 0.6 is 0 Å². The van der Waals surface area contributed by atoms with Gasteiger partial charge in [0, 0.05) is 11.8 Å². The number of sulfonamides is 1. The van der Waals surface area contributed by atoms with Gasteiger partial charge in [-0.2, -0.15) is 0 Å². The molecule has 30 heavy (non-hydrogen) atoms. The molecule has 0 bridgehead atoms. The number of anilines is 2. The van der Waals surface area contributed by atoms with Crippen LogP contribution in [0.1, 0.15) is 37.8 Å². The van der Waals surface area contributed by atoms with Gasteiger partial charge in [-0.25, -0.2) is 8.42 Å². The van der Waals surface area contributed by atoms with E-state index >= 15 is 0 Å². The molecule has 1 heterocycles. The van der Waals surface area contributed by atoms with E-state index in [1.165, 1.54) is 0 Å². The molecule has 1 aliphatic rings. The number of nitrogens with zero attached hydrogens (tertiary/aromatic N) is 1. The fourth-order valence-corrected chi connectivity index (χ4v) is 4.71. The van der Waals surface area contributed by atoms with Crippen molar-refractivity contribution in [2.45, 2.75) is 39.7 Å². The van der Waals surface area contributed by atoms with E-state index in [0.29, 0.717) is 30.4 Å². The fraction of sp³-hybridized carbons (Fsp3) is 0.409. The second-order valence-electron chi connectivity index (χ2n) is 7.75. The lowest BCUT2D eigenvalue weighted by Crippen LogP contribution is -2.45. The van der Waals surface area contributed by atoms with Crippen molar-refractivity contribution in [3.8, 4) is 11.5 Å². The van der Waals surface area contributed by atoms with Gasteiger partial charge in [-0.1, -0.05) is 32.0 Å². The molecule has 7 nitrogen and oxygen atoms in total. The maximum absolute atomic E-state index is 13.1. The summed E-state index contributed by atoms with van der Waals surface area (Å²) in [5.74, 6) is 0.809. The van der Waals surface area contributed by atoms with Crippen molar-refractivity contribution < 1.29 is 22.7 Å². The molecule has 162 valence electrons. The first-order valence-corrected chi connectivity index (χ1v) is 11.7. The number of hydrogen-bond acceptors (Lipinski definition) is 5. The summed E-state index contributed by atoms with van der Waals surface area (Å²) in [6.07, 6.45) is 1.08. The van der Waals surface area contributed by atoms with Gasteiger partial charge in [0.2, 0.25) is 15.9 Å². The van der Waals surface area contributed by atoms with E-state index in [4.69, 9.17) is 9.47 Å². The normalized spacial score (nSPS) is 14.3.